The maximum Gasteiger partial charge on any atom is 0.152 e. The number of nitrogens with one attached hydrogen (secondary N) is 1. The molecule has 1 N–H and O–H groups in total. The van der Waals surface area contributed by atoms with E-state index >= 15 is 0 Å². The van der Waals surface area contributed by atoms with E-state index in [1.165, 1.54) is 12.8 Å². The first kappa shape index (κ1) is 15.3. The van der Waals surface area contributed by atoms with Gasteiger partial charge < -0.3 is 10.2 Å². The molecule has 0 amide bonds. The molecule has 1 aliphatic heterocycles. The largest absolute Gasteiger partial charge is 0.313 e. The highest BCUT2D eigenvalue weighted by molar-refractivity contribution is 7.91. The SMILES string of the molecule is CCNC1C(CN2CCS(=O)(=O)CC2)CCC1(C)C. The summed E-state index contributed by atoms with van der Waals surface area (Å²) in [7, 11) is -2.75. The molecule has 0 aromatic carbocycles. The van der Waals surface area contributed by atoms with Gasteiger partial charge in [-0.15, -0.1) is 0 Å². The summed E-state index contributed by atoms with van der Waals surface area (Å²) in [5.74, 6) is 1.35. The second kappa shape index (κ2) is 5.70. The van der Waals surface area contributed by atoms with Crippen molar-refractivity contribution in [3.05, 3.63) is 0 Å². The normalized spacial score (nSPS) is 34.5. The topological polar surface area (TPSA) is 49.4 Å². The summed E-state index contributed by atoms with van der Waals surface area (Å²) in [6, 6.07) is 0.566. The molecule has 1 heterocycles. The lowest BCUT2D eigenvalue weighted by Gasteiger charge is -2.35. The molecule has 2 fully saturated rings. The van der Waals surface area contributed by atoms with Crippen LogP contribution in [0, 0.1) is 11.3 Å². The molecule has 5 heteroatoms. The van der Waals surface area contributed by atoms with Crippen molar-refractivity contribution in [1.29, 1.82) is 0 Å². The lowest BCUT2D eigenvalue weighted by Crippen LogP contribution is -2.48. The first-order chi connectivity index (χ1) is 8.84. The van der Waals surface area contributed by atoms with E-state index < -0.39 is 9.84 Å². The summed E-state index contributed by atoms with van der Waals surface area (Å²) in [6.45, 7) is 10.4. The van der Waals surface area contributed by atoms with Crippen LogP contribution in [0.25, 0.3) is 0 Å². The molecule has 19 heavy (non-hydrogen) atoms. The number of rotatable bonds is 4. The predicted octanol–water partition coefficient (Wildman–Crippen LogP) is 1.13. The molecular formula is C14H28N2O2S. The van der Waals surface area contributed by atoms with E-state index in [2.05, 4.69) is 31.0 Å². The zero-order valence-electron chi connectivity index (χ0n) is 12.5. The molecule has 0 bridgehead atoms. The van der Waals surface area contributed by atoms with E-state index in [4.69, 9.17) is 0 Å². The highest BCUT2D eigenvalue weighted by atomic mass is 32.2. The summed E-state index contributed by atoms with van der Waals surface area (Å²) in [6.07, 6.45) is 2.52. The van der Waals surface area contributed by atoms with Crippen molar-refractivity contribution in [3.8, 4) is 0 Å². The van der Waals surface area contributed by atoms with Crippen LogP contribution in [0.3, 0.4) is 0 Å². The van der Waals surface area contributed by atoms with E-state index in [-0.39, 0.29) is 0 Å². The molecule has 0 aromatic heterocycles. The summed E-state index contributed by atoms with van der Waals surface area (Å²) in [5, 5.41) is 3.65. The fourth-order valence-corrected chi connectivity index (χ4v) is 4.92. The van der Waals surface area contributed by atoms with Crippen molar-refractivity contribution in [2.75, 3.05) is 37.7 Å². The smallest absolute Gasteiger partial charge is 0.152 e. The number of hydrogen-bond donors (Lipinski definition) is 1. The fourth-order valence-electron chi connectivity index (χ4n) is 3.64. The van der Waals surface area contributed by atoms with Gasteiger partial charge >= 0.3 is 0 Å². The molecule has 4 nitrogen and oxygen atoms in total. The lowest BCUT2D eigenvalue weighted by molar-refractivity contribution is 0.192. The van der Waals surface area contributed by atoms with Crippen LogP contribution >= 0.6 is 0 Å². The van der Waals surface area contributed by atoms with Gasteiger partial charge in [0.15, 0.2) is 9.84 Å². The quantitative estimate of drug-likeness (QED) is 0.842. The van der Waals surface area contributed by atoms with Crippen molar-refractivity contribution in [1.82, 2.24) is 10.2 Å². The summed E-state index contributed by atoms with van der Waals surface area (Å²) >= 11 is 0. The number of hydrogen-bond acceptors (Lipinski definition) is 4. The zero-order chi connectivity index (χ0) is 14.1. The Kier molecular flexibility index (Phi) is 4.58. The minimum atomic E-state index is -2.75. The Morgan fingerprint density at radius 3 is 2.47 bits per heavy atom. The monoisotopic (exact) mass is 288 g/mol. The highest BCUT2D eigenvalue weighted by Gasteiger charge is 2.42. The van der Waals surface area contributed by atoms with Gasteiger partial charge in [-0.1, -0.05) is 20.8 Å². The average Bonchev–Trinajstić information content (AvgIpc) is 2.60. The van der Waals surface area contributed by atoms with E-state index in [9.17, 15) is 8.42 Å². The first-order valence-corrected chi connectivity index (χ1v) is 9.32. The molecule has 2 atom stereocenters. The van der Waals surface area contributed by atoms with E-state index in [1.807, 2.05) is 0 Å². The van der Waals surface area contributed by atoms with Gasteiger partial charge in [-0.2, -0.15) is 0 Å². The lowest BCUT2D eigenvalue weighted by atomic mass is 9.84. The molecular weight excluding hydrogens is 260 g/mol. The molecule has 0 radical (unpaired) electrons. The number of nitrogens with zero attached hydrogens (tertiary/aromatic N) is 1. The minimum Gasteiger partial charge on any atom is -0.313 e. The highest BCUT2D eigenvalue weighted by Crippen LogP contribution is 2.41. The minimum absolute atomic E-state index is 0.342. The summed E-state index contributed by atoms with van der Waals surface area (Å²) < 4.78 is 22.9. The molecule has 2 rings (SSSR count). The van der Waals surface area contributed by atoms with Crippen molar-refractivity contribution in [2.24, 2.45) is 11.3 Å². The Labute approximate surface area is 117 Å². The van der Waals surface area contributed by atoms with Crippen LogP contribution in [0.15, 0.2) is 0 Å². The number of sulfone groups is 1. The Morgan fingerprint density at radius 1 is 1.26 bits per heavy atom. The van der Waals surface area contributed by atoms with Gasteiger partial charge in [-0.05, 0) is 30.7 Å². The Hall–Kier alpha value is -0.130. The van der Waals surface area contributed by atoms with E-state index in [0.717, 1.165) is 26.2 Å². The molecule has 1 aliphatic carbocycles. The Bertz CT molecular complexity index is 392. The van der Waals surface area contributed by atoms with Crippen molar-refractivity contribution >= 4 is 9.84 Å². The second-order valence-electron chi connectivity index (χ2n) is 6.78. The first-order valence-electron chi connectivity index (χ1n) is 7.50. The molecule has 1 saturated carbocycles. The van der Waals surface area contributed by atoms with Crippen LogP contribution in [-0.2, 0) is 9.84 Å². The van der Waals surface area contributed by atoms with Crippen LogP contribution in [0.5, 0.6) is 0 Å². The fraction of sp³-hybridized carbons (Fsp3) is 1.00. The molecule has 2 aliphatic rings. The van der Waals surface area contributed by atoms with Crippen molar-refractivity contribution in [3.63, 3.8) is 0 Å². The third-order valence-corrected chi connectivity index (χ3v) is 6.44. The van der Waals surface area contributed by atoms with Gasteiger partial charge in [0, 0.05) is 25.7 Å². The van der Waals surface area contributed by atoms with Gasteiger partial charge in [0.25, 0.3) is 0 Å². The van der Waals surface area contributed by atoms with Gasteiger partial charge in [-0.25, -0.2) is 8.42 Å². The third-order valence-electron chi connectivity index (χ3n) is 4.83. The second-order valence-corrected chi connectivity index (χ2v) is 9.08. The van der Waals surface area contributed by atoms with Crippen LogP contribution < -0.4 is 5.32 Å². The van der Waals surface area contributed by atoms with Crippen LogP contribution in [0.1, 0.15) is 33.6 Å². The van der Waals surface area contributed by atoms with Crippen LogP contribution in [0.4, 0.5) is 0 Å². The van der Waals surface area contributed by atoms with Gasteiger partial charge in [0.05, 0.1) is 11.5 Å². The van der Waals surface area contributed by atoms with E-state index in [1.54, 1.807) is 0 Å². The van der Waals surface area contributed by atoms with Gasteiger partial charge in [-0.3, -0.25) is 0 Å². The summed E-state index contributed by atoms with van der Waals surface area (Å²) in [5.41, 5.74) is 0.364. The zero-order valence-corrected chi connectivity index (χ0v) is 13.3. The molecule has 2 unspecified atom stereocenters. The van der Waals surface area contributed by atoms with Crippen molar-refractivity contribution in [2.45, 2.75) is 39.7 Å². The van der Waals surface area contributed by atoms with Crippen molar-refractivity contribution < 1.29 is 8.42 Å². The Morgan fingerprint density at radius 2 is 1.89 bits per heavy atom. The van der Waals surface area contributed by atoms with Gasteiger partial charge in [0.1, 0.15) is 0 Å². The van der Waals surface area contributed by atoms with Crippen LogP contribution in [0.2, 0.25) is 0 Å². The van der Waals surface area contributed by atoms with E-state index in [0.29, 0.717) is 28.9 Å². The summed E-state index contributed by atoms with van der Waals surface area (Å²) in [4.78, 5) is 2.34. The average molecular weight is 288 g/mol. The van der Waals surface area contributed by atoms with Crippen LogP contribution in [-0.4, -0.2) is 57.0 Å². The standard InChI is InChI=1S/C14H28N2O2S/c1-4-15-13-12(5-6-14(13,2)3)11-16-7-9-19(17,18)10-8-16/h12-13,15H,4-11H2,1-3H3. The predicted molar refractivity (Wildman–Crippen MR) is 79.1 cm³/mol. The van der Waals surface area contributed by atoms with Gasteiger partial charge in [0.2, 0.25) is 0 Å². The molecule has 0 aromatic rings. The maximum absolute atomic E-state index is 11.5. The maximum atomic E-state index is 11.5. The third kappa shape index (κ3) is 3.70. The molecule has 0 spiro atoms. The molecule has 112 valence electrons. The Balaban J connectivity index is 1.92. The molecule has 1 saturated heterocycles.